The van der Waals surface area contributed by atoms with E-state index in [1.807, 2.05) is 52.9 Å². The predicted molar refractivity (Wildman–Crippen MR) is 134 cm³/mol. The molecular formula is C26H32N6O2. The number of nitrogens with one attached hydrogen (secondary N) is 1. The van der Waals surface area contributed by atoms with Gasteiger partial charge < -0.3 is 15.1 Å². The van der Waals surface area contributed by atoms with Gasteiger partial charge in [0.05, 0.1) is 6.04 Å². The Balaban J connectivity index is 1.60. The Hall–Kier alpha value is -3.26. The Morgan fingerprint density at radius 1 is 1.09 bits per heavy atom. The standard InChI is InChI=1S/C26H32N6O2/c1-17-6-4-5-7-22(17)23-14-19-15-27-26(28-20-8-11-30(3)12-9-20)29-24(19)32(25(23)34)21-10-13-31(16-21)18(2)33/h4-7,14-15,20-21H,8-13,16H2,1-3H3,(H,27,28,29)/t21-/m0/s1. The topological polar surface area (TPSA) is 83.4 Å². The molecule has 0 radical (unpaired) electrons. The van der Waals surface area contributed by atoms with Crippen molar-refractivity contribution in [2.75, 3.05) is 38.5 Å². The molecule has 0 unspecified atom stereocenters. The number of carbonyl (C=O) groups is 1. The zero-order valence-electron chi connectivity index (χ0n) is 20.1. The van der Waals surface area contributed by atoms with Crippen LogP contribution < -0.4 is 10.9 Å². The van der Waals surface area contributed by atoms with Crippen LogP contribution >= 0.6 is 0 Å². The third-order valence-electron chi connectivity index (χ3n) is 7.23. The molecule has 2 aliphatic rings. The molecule has 2 aliphatic heterocycles. The highest BCUT2D eigenvalue weighted by Crippen LogP contribution is 2.28. The van der Waals surface area contributed by atoms with Crippen molar-refractivity contribution in [1.82, 2.24) is 24.3 Å². The number of hydrogen-bond donors (Lipinski definition) is 1. The maximum Gasteiger partial charge on any atom is 0.260 e. The molecule has 2 aromatic heterocycles. The lowest BCUT2D eigenvalue weighted by Crippen LogP contribution is -2.37. The summed E-state index contributed by atoms with van der Waals surface area (Å²) in [5.41, 5.74) is 3.16. The van der Waals surface area contributed by atoms with Crippen LogP contribution in [-0.4, -0.2) is 69.5 Å². The van der Waals surface area contributed by atoms with Crippen LogP contribution in [0.1, 0.15) is 37.8 Å². The molecule has 5 rings (SSSR count). The fraction of sp³-hybridized carbons (Fsp3) is 0.462. The van der Waals surface area contributed by atoms with Gasteiger partial charge in [-0.1, -0.05) is 24.3 Å². The van der Waals surface area contributed by atoms with Crippen molar-refractivity contribution < 1.29 is 4.79 Å². The van der Waals surface area contributed by atoms with Crippen molar-refractivity contribution in [3.05, 3.63) is 52.4 Å². The van der Waals surface area contributed by atoms with Gasteiger partial charge >= 0.3 is 0 Å². The molecule has 1 N–H and O–H groups in total. The van der Waals surface area contributed by atoms with Gasteiger partial charge in [0.15, 0.2) is 0 Å². The first-order chi connectivity index (χ1) is 16.4. The normalized spacial score (nSPS) is 19.6. The van der Waals surface area contributed by atoms with Gasteiger partial charge in [0.25, 0.3) is 5.56 Å². The van der Waals surface area contributed by atoms with Crippen LogP contribution in [0.15, 0.2) is 41.3 Å². The molecule has 1 atom stereocenters. The third kappa shape index (κ3) is 4.30. The average Bonchev–Trinajstić information content (AvgIpc) is 3.31. The van der Waals surface area contributed by atoms with E-state index in [4.69, 9.17) is 4.98 Å². The second-order valence-corrected chi connectivity index (χ2v) is 9.65. The Labute approximate surface area is 199 Å². The maximum atomic E-state index is 13.9. The Morgan fingerprint density at radius 3 is 2.56 bits per heavy atom. The molecule has 8 nitrogen and oxygen atoms in total. The second-order valence-electron chi connectivity index (χ2n) is 9.65. The second kappa shape index (κ2) is 9.18. The molecule has 0 aliphatic carbocycles. The SMILES string of the molecule is CC(=O)N1CC[C@H](n2c(=O)c(-c3ccccc3C)cc3cnc(NC4CCN(C)CC4)nc32)C1. The number of aryl methyl sites for hydroxylation is 1. The number of benzene rings is 1. The van der Waals surface area contributed by atoms with E-state index in [2.05, 4.69) is 22.2 Å². The monoisotopic (exact) mass is 460 g/mol. The van der Waals surface area contributed by atoms with Crippen molar-refractivity contribution in [3.63, 3.8) is 0 Å². The lowest BCUT2D eigenvalue weighted by atomic mass is 10.0. The molecule has 0 spiro atoms. The van der Waals surface area contributed by atoms with Crippen LogP contribution in [-0.2, 0) is 4.79 Å². The number of amides is 1. The zero-order valence-corrected chi connectivity index (χ0v) is 20.1. The van der Waals surface area contributed by atoms with E-state index in [1.165, 1.54) is 0 Å². The third-order valence-corrected chi connectivity index (χ3v) is 7.23. The summed E-state index contributed by atoms with van der Waals surface area (Å²) in [6.07, 6.45) is 4.61. The first-order valence-corrected chi connectivity index (χ1v) is 12.1. The smallest absolute Gasteiger partial charge is 0.260 e. The van der Waals surface area contributed by atoms with E-state index in [9.17, 15) is 9.59 Å². The molecule has 178 valence electrons. The number of aromatic nitrogens is 3. The summed E-state index contributed by atoms with van der Waals surface area (Å²) in [7, 11) is 2.14. The van der Waals surface area contributed by atoms with Crippen LogP contribution in [0.25, 0.3) is 22.2 Å². The van der Waals surface area contributed by atoms with Gasteiger partial charge in [0.1, 0.15) is 5.65 Å². The summed E-state index contributed by atoms with van der Waals surface area (Å²) in [5.74, 6) is 0.592. The number of hydrogen-bond acceptors (Lipinski definition) is 6. The molecule has 2 fully saturated rings. The Morgan fingerprint density at radius 2 is 1.85 bits per heavy atom. The van der Waals surface area contributed by atoms with Crippen molar-refractivity contribution >= 4 is 22.9 Å². The summed E-state index contributed by atoms with van der Waals surface area (Å²) >= 11 is 0. The van der Waals surface area contributed by atoms with Gasteiger partial charge in [0.2, 0.25) is 11.9 Å². The number of fused-ring (bicyclic) bond motifs is 1. The van der Waals surface area contributed by atoms with E-state index >= 15 is 0 Å². The minimum absolute atomic E-state index is 0.0363. The molecule has 1 amide bonds. The number of piperidine rings is 1. The number of rotatable bonds is 4. The minimum atomic E-state index is -0.117. The fourth-order valence-corrected chi connectivity index (χ4v) is 5.17. The van der Waals surface area contributed by atoms with Crippen LogP contribution in [0.4, 0.5) is 5.95 Å². The molecule has 2 saturated heterocycles. The molecule has 1 aromatic carbocycles. The zero-order chi connectivity index (χ0) is 23.8. The average molecular weight is 461 g/mol. The largest absolute Gasteiger partial charge is 0.351 e. The van der Waals surface area contributed by atoms with Gasteiger partial charge in [-0.3, -0.25) is 14.2 Å². The highest BCUT2D eigenvalue weighted by molar-refractivity contribution is 5.82. The molecule has 0 saturated carbocycles. The van der Waals surface area contributed by atoms with Gasteiger partial charge in [-0.05, 0) is 63.5 Å². The number of anilines is 1. The van der Waals surface area contributed by atoms with E-state index in [0.29, 0.717) is 36.3 Å². The summed E-state index contributed by atoms with van der Waals surface area (Å²) in [4.78, 5) is 39.5. The van der Waals surface area contributed by atoms with Gasteiger partial charge in [-0.2, -0.15) is 4.98 Å². The van der Waals surface area contributed by atoms with Crippen LogP contribution in [0, 0.1) is 6.92 Å². The molecular weight excluding hydrogens is 428 g/mol. The first-order valence-electron chi connectivity index (χ1n) is 12.1. The van der Waals surface area contributed by atoms with Crippen LogP contribution in [0.2, 0.25) is 0 Å². The molecule has 4 heterocycles. The van der Waals surface area contributed by atoms with Gasteiger partial charge in [0, 0.05) is 43.2 Å². The fourth-order valence-electron chi connectivity index (χ4n) is 5.17. The van der Waals surface area contributed by atoms with Gasteiger partial charge in [-0.25, -0.2) is 4.98 Å². The quantitative estimate of drug-likeness (QED) is 0.644. The van der Waals surface area contributed by atoms with Crippen molar-refractivity contribution in [3.8, 4) is 11.1 Å². The van der Waals surface area contributed by atoms with E-state index in [-0.39, 0.29) is 17.5 Å². The number of carbonyl (C=O) groups excluding carboxylic acids is 1. The number of likely N-dealkylation sites (tertiary alicyclic amines) is 2. The Bertz CT molecular complexity index is 1280. The van der Waals surface area contributed by atoms with Gasteiger partial charge in [-0.15, -0.1) is 0 Å². The number of pyridine rings is 1. The van der Waals surface area contributed by atoms with E-state index in [0.717, 1.165) is 48.9 Å². The van der Waals surface area contributed by atoms with E-state index < -0.39 is 0 Å². The molecule has 8 heteroatoms. The van der Waals surface area contributed by atoms with Crippen LogP contribution in [0.3, 0.4) is 0 Å². The highest BCUT2D eigenvalue weighted by Gasteiger charge is 2.29. The summed E-state index contributed by atoms with van der Waals surface area (Å²) < 4.78 is 1.81. The minimum Gasteiger partial charge on any atom is -0.351 e. The van der Waals surface area contributed by atoms with E-state index in [1.54, 1.807) is 6.92 Å². The molecule has 0 bridgehead atoms. The summed E-state index contributed by atoms with van der Waals surface area (Å²) in [6, 6.07) is 10.0. The first kappa shape index (κ1) is 22.5. The van der Waals surface area contributed by atoms with Crippen molar-refractivity contribution in [2.45, 2.75) is 45.2 Å². The lowest BCUT2D eigenvalue weighted by Gasteiger charge is -2.29. The summed E-state index contributed by atoms with van der Waals surface area (Å²) in [5, 5.41) is 4.31. The molecule has 34 heavy (non-hydrogen) atoms. The Kier molecular flexibility index (Phi) is 6.08. The van der Waals surface area contributed by atoms with Crippen molar-refractivity contribution in [2.24, 2.45) is 0 Å². The van der Waals surface area contributed by atoms with Crippen LogP contribution in [0.5, 0.6) is 0 Å². The lowest BCUT2D eigenvalue weighted by molar-refractivity contribution is -0.127. The maximum absolute atomic E-state index is 13.9. The molecule has 3 aromatic rings. The summed E-state index contributed by atoms with van der Waals surface area (Å²) in [6.45, 7) is 6.84. The highest BCUT2D eigenvalue weighted by atomic mass is 16.2. The number of nitrogens with zero attached hydrogens (tertiary/aromatic N) is 5. The predicted octanol–water partition coefficient (Wildman–Crippen LogP) is 3.07. The van der Waals surface area contributed by atoms with Crippen molar-refractivity contribution in [1.29, 1.82) is 0 Å².